The van der Waals surface area contributed by atoms with E-state index in [2.05, 4.69) is 30.1 Å². The molecule has 0 unspecified atom stereocenters. The van der Waals surface area contributed by atoms with Gasteiger partial charge in [-0.1, -0.05) is 43.0 Å². The van der Waals surface area contributed by atoms with E-state index in [-0.39, 0.29) is 0 Å². The molecule has 0 atom stereocenters. The summed E-state index contributed by atoms with van der Waals surface area (Å²) in [5.74, 6) is -1.84. The fraction of sp³-hybridized carbons (Fsp3) is 0.238. The summed E-state index contributed by atoms with van der Waals surface area (Å²) in [6, 6.07) is 16.3. The molecule has 2 rings (SSSR count). The molecule has 0 aromatic heterocycles. The monoisotopic (exact) mass is 387 g/mol. The fourth-order valence-corrected chi connectivity index (χ4v) is 2.19. The number of carboxylic acid groups (broad SMARTS) is 2. The van der Waals surface area contributed by atoms with Gasteiger partial charge in [-0.05, 0) is 36.7 Å². The Bertz CT molecular complexity index is 746. The van der Waals surface area contributed by atoms with Crippen LogP contribution < -0.4 is 14.8 Å². The van der Waals surface area contributed by atoms with Crippen LogP contribution in [0.3, 0.4) is 0 Å². The lowest BCUT2D eigenvalue weighted by atomic mass is 10.1. The van der Waals surface area contributed by atoms with Crippen molar-refractivity contribution in [1.29, 1.82) is 0 Å². The molecule has 0 aliphatic heterocycles. The highest BCUT2D eigenvalue weighted by Crippen LogP contribution is 2.17. The fourth-order valence-electron chi connectivity index (χ4n) is 2.19. The minimum Gasteiger partial charge on any atom is -0.497 e. The molecule has 0 aliphatic carbocycles. The van der Waals surface area contributed by atoms with Gasteiger partial charge >= 0.3 is 11.9 Å². The Morgan fingerprint density at radius 3 is 2.29 bits per heavy atom. The van der Waals surface area contributed by atoms with Crippen LogP contribution in [0.2, 0.25) is 0 Å². The van der Waals surface area contributed by atoms with Crippen molar-refractivity contribution >= 4 is 11.9 Å². The van der Waals surface area contributed by atoms with Crippen LogP contribution in [0.1, 0.15) is 11.1 Å². The summed E-state index contributed by atoms with van der Waals surface area (Å²) in [4.78, 5) is 18.2. The van der Waals surface area contributed by atoms with Crippen molar-refractivity contribution in [3.63, 3.8) is 0 Å². The zero-order chi connectivity index (χ0) is 20.8. The van der Waals surface area contributed by atoms with Crippen LogP contribution in [0.5, 0.6) is 11.5 Å². The summed E-state index contributed by atoms with van der Waals surface area (Å²) < 4.78 is 10.8. The lowest BCUT2D eigenvalue weighted by Crippen LogP contribution is -2.17. The zero-order valence-corrected chi connectivity index (χ0v) is 15.8. The molecular weight excluding hydrogens is 362 g/mol. The van der Waals surface area contributed by atoms with Crippen molar-refractivity contribution in [2.24, 2.45) is 0 Å². The molecule has 2 aromatic carbocycles. The molecule has 150 valence electrons. The highest BCUT2D eigenvalue weighted by molar-refractivity contribution is 6.27. The van der Waals surface area contributed by atoms with E-state index < -0.39 is 11.9 Å². The summed E-state index contributed by atoms with van der Waals surface area (Å²) in [7, 11) is 1.68. The Balaban J connectivity index is 0.000000568. The van der Waals surface area contributed by atoms with Gasteiger partial charge in [0.1, 0.15) is 18.1 Å². The first-order chi connectivity index (χ1) is 13.5. The van der Waals surface area contributed by atoms with Crippen LogP contribution in [-0.2, 0) is 22.6 Å². The van der Waals surface area contributed by atoms with Gasteiger partial charge in [-0.2, -0.15) is 0 Å². The minimum absolute atomic E-state index is 0.531. The number of aliphatic carboxylic acids is 2. The number of hydrogen-bond donors (Lipinski definition) is 3. The van der Waals surface area contributed by atoms with Gasteiger partial charge in [-0.15, -0.1) is 0 Å². The molecule has 0 spiro atoms. The number of ether oxygens (including phenoxy) is 2. The third-order valence-electron chi connectivity index (χ3n) is 3.58. The van der Waals surface area contributed by atoms with Crippen molar-refractivity contribution in [3.8, 4) is 11.5 Å². The number of carbonyl (C=O) groups is 2. The Hall–Kier alpha value is -3.32. The first kappa shape index (κ1) is 22.7. The highest BCUT2D eigenvalue weighted by Gasteiger charge is 2.04. The molecule has 0 heterocycles. The molecule has 28 heavy (non-hydrogen) atoms. The third kappa shape index (κ3) is 8.86. The van der Waals surface area contributed by atoms with E-state index in [4.69, 9.17) is 29.3 Å². The van der Waals surface area contributed by atoms with Crippen LogP contribution in [0, 0.1) is 0 Å². The molecule has 3 N–H and O–H groups in total. The standard InChI is InChI=1S/C19H23NO2.C2H2O4/c1-3-14-22-19-7-5-4-6-17(19)15-20-13-12-16-8-10-18(21-2)11-9-16;3-1(4)2(5)6/h3-11,20H,1,12-15H2,2H3;(H,3,4)(H,5,6). The van der Waals surface area contributed by atoms with E-state index in [9.17, 15) is 0 Å². The second-order valence-corrected chi connectivity index (χ2v) is 5.59. The van der Waals surface area contributed by atoms with E-state index in [0.29, 0.717) is 6.61 Å². The van der Waals surface area contributed by atoms with Gasteiger partial charge in [-0.3, -0.25) is 0 Å². The number of hydrogen-bond acceptors (Lipinski definition) is 5. The predicted molar refractivity (Wildman–Crippen MR) is 106 cm³/mol. The minimum atomic E-state index is -1.82. The average molecular weight is 387 g/mol. The first-order valence-electron chi connectivity index (χ1n) is 8.59. The molecule has 0 fully saturated rings. The quantitative estimate of drug-likeness (QED) is 0.345. The summed E-state index contributed by atoms with van der Waals surface area (Å²) in [5, 5.41) is 18.2. The second kappa shape index (κ2) is 12.9. The van der Waals surface area contributed by atoms with Crippen molar-refractivity contribution in [2.45, 2.75) is 13.0 Å². The predicted octanol–water partition coefficient (Wildman–Crippen LogP) is 2.75. The van der Waals surface area contributed by atoms with Crippen molar-refractivity contribution in [1.82, 2.24) is 5.32 Å². The molecule has 0 bridgehead atoms. The molecule has 0 aliphatic rings. The maximum atomic E-state index is 9.10. The van der Waals surface area contributed by atoms with E-state index in [0.717, 1.165) is 31.0 Å². The first-order valence-corrected chi connectivity index (χ1v) is 8.59. The van der Waals surface area contributed by atoms with Crippen LogP contribution in [0.25, 0.3) is 0 Å². The van der Waals surface area contributed by atoms with Crippen LogP contribution >= 0.6 is 0 Å². The molecule has 0 radical (unpaired) electrons. The number of carboxylic acids is 2. The van der Waals surface area contributed by atoms with E-state index in [1.807, 2.05) is 30.3 Å². The molecule has 0 saturated heterocycles. The van der Waals surface area contributed by atoms with Gasteiger partial charge in [0.2, 0.25) is 0 Å². The summed E-state index contributed by atoms with van der Waals surface area (Å²) >= 11 is 0. The molecule has 0 amide bonds. The molecular formula is C21H25NO6. The average Bonchev–Trinajstić information content (AvgIpc) is 2.71. The second-order valence-electron chi connectivity index (χ2n) is 5.59. The van der Waals surface area contributed by atoms with Gasteiger partial charge in [0.15, 0.2) is 0 Å². The van der Waals surface area contributed by atoms with Crippen molar-refractivity contribution < 1.29 is 29.3 Å². The van der Waals surface area contributed by atoms with Crippen LogP contribution in [0.15, 0.2) is 61.2 Å². The van der Waals surface area contributed by atoms with Gasteiger partial charge in [0.05, 0.1) is 7.11 Å². The maximum Gasteiger partial charge on any atom is 0.414 e. The van der Waals surface area contributed by atoms with Gasteiger partial charge < -0.3 is 25.0 Å². The van der Waals surface area contributed by atoms with Crippen molar-refractivity contribution in [3.05, 3.63) is 72.3 Å². The number of methoxy groups -OCH3 is 1. The Morgan fingerprint density at radius 1 is 1.07 bits per heavy atom. The number of rotatable bonds is 9. The van der Waals surface area contributed by atoms with Crippen molar-refractivity contribution in [2.75, 3.05) is 20.3 Å². The SMILES string of the molecule is C=CCOc1ccccc1CNCCc1ccc(OC)cc1.O=C(O)C(=O)O. The highest BCUT2D eigenvalue weighted by atomic mass is 16.5. The summed E-state index contributed by atoms with van der Waals surface area (Å²) in [6.07, 6.45) is 2.74. The third-order valence-corrected chi connectivity index (χ3v) is 3.58. The Labute approximate surface area is 164 Å². The van der Waals surface area contributed by atoms with Gasteiger partial charge in [0.25, 0.3) is 0 Å². The summed E-state index contributed by atoms with van der Waals surface area (Å²) in [5.41, 5.74) is 2.46. The van der Waals surface area contributed by atoms with Crippen LogP contribution in [-0.4, -0.2) is 42.4 Å². The van der Waals surface area contributed by atoms with Crippen LogP contribution in [0.4, 0.5) is 0 Å². The number of para-hydroxylation sites is 1. The number of benzene rings is 2. The Kier molecular flexibility index (Phi) is 10.5. The smallest absolute Gasteiger partial charge is 0.414 e. The zero-order valence-electron chi connectivity index (χ0n) is 15.8. The number of nitrogens with one attached hydrogen (secondary N) is 1. The maximum absolute atomic E-state index is 9.10. The molecule has 2 aromatic rings. The molecule has 7 nitrogen and oxygen atoms in total. The lowest BCUT2D eigenvalue weighted by Gasteiger charge is -2.11. The largest absolute Gasteiger partial charge is 0.497 e. The summed E-state index contributed by atoms with van der Waals surface area (Å²) in [6.45, 7) is 5.92. The normalized spacial score (nSPS) is 9.61. The van der Waals surface area contributed by atoms with E-state index >= 15 is 0 Å². The lowest BCUT2D eigenvalue weighted by molar-refractivity contribution is -0.159. The Morgan fingerprint density at radius 2 is 1.71 bits per heavy atom. The molecule has 0 saturated carbocycles. The topological polar surface area (TPSA) is 105 Å². The van der Waals surface area contributed by atoms with E-state index in [1.54, 1.807) is 13.2 Å². The van der Waals surface area contributed by atoms with Gasteiger partial charge in [-0.25, -0.2) is 9.59 Å². The molecule has 7 heteroatoms. The van der Waals surface area contributed by atoms with Gasteiger partial charge in [0, 0.05) is 12.1 Å². The van der Waals surface area contributed by atoms with E-state index in [1.165, 1.54) is 11.1 Å².